The van der Waals surface area contributed by atoms with E-state index in [0.29, 0.717) is 35.0 Å². The van der Waals surface area contributed by atoms with E-state index >= 15 is 0 Å². The number of pyridine rings is 1. The second-order valence-corrected chi connectivity index (χ2v) is 9.03. The van der Waals surface area contributed by atoms with E-state index in [-0.39, 0.29) is 4.90 Å². The van der Waals surface area contributed by atoms with Crippen LogP contribution in [0.2, 0.25) is 0 Å². The first kappa shape index (κ1) is 20.8. The molecule has 1 N–H and O–H groups in total. The molecule has 0 aliphatic rings. The van der Waals surface area contributed by atoms with E-state index in [1.807, 2.05) is 55.5 Å². The number of nitrogens with one attached hydrogen (secondary N) is 1. The van der Waals surface area contributed by atoms with Gasteiger partial charge in [-0.25, -0.2) is 8.42 Å². The molecule has 33 heavy (non-hydrogen) atoms. The normalized spacial score (nSPS) is 11.5. The van der Waals surface area contributed by atoms with Crippen molar-refractivity contribution >= 4 is 21.4 Å². The first-order valence-corrected chi connectivity index (χ1v) is 11.9. The average Bonchev–Trinajstić information content (AvgIpc) is 3.28. The van der Waals surface area contributed by atoms with Crippen molar-refractivity contribution < 1.29 is 8.42 Å². The molecule has 0 amide bonds. The van der Waals surface area contributed by atoms with Gasteiger partial charge in [0.15, 0.2) is 5.65 Å². The van der Waals surface area contributed by atoms with Gasteiger partial charge in [-0.05, 0) is 54.4 Å². The lowest BCUT2D eigenvalue weighted by Gasteiger charge is -2.12. The Kier molecular flexibility index (Phi) is 5.31. The third kappa shape index (κ3) is 4.06. The Morgan fingerprint density at radius 2 is 1.73 bits per heavy atom. The van der Waals surface area contributed by atoms with Crippen molar-refractivity contribution in [2.24, 2.45) is 0 Å². The van der Waals surface area contributed by atoms with Crippen LogP contribution in [-0.2, 0) is 16.4 Å². The van der Waals surface area contributed by atoms with E-state index in [4.69, 9.17) is 0 Å². The fraction of sp³-hybridized carbons (Fsp3) is 0.0833. The Bertz CT molecular complexity index is 1550. The lowest BCUT2D eigenvalue weighted by molar-refractivity contribution is 0.600. The number of nitrogens with zero attached hydrogens (tertiary/aromatic N) is 5. The molecule has 0 bridgehead atoms. The van der Waals surface area contributed by atoms with Gasteiger partial charge in [0.1, 0.15) is 5.69 Å². The standard InChI is InChI=1S/C24H20N6O2S/c1-2-17-8-3-4-12-22(17)33(31,32)29-19-10-7-9-18(16-19)20-13-14-23-26-27-24(30(23)28-20)21-11-5-6-15-25-21/h3-16,29H,2H2,1H3. The summed E-state index contributed by atoms with van der Waals surface area (Å²) in [6, 6.07) is 23.3. The fourth-order valence-electron chi connectivity index (χ4n) is 3.61. The molecule has 2 aromatic carbocycles. The molecule has 0 fully saturated rings. The van der Waals surface area contributed by atoms with Crippen LogP contribution in [0.15, 0.2) is 90.0 Å². The molecule has 0 unspecified atom stereocenters. The Labute approximate surface area is 191 Å². The Balaban J connectivity index is 1.51. The molecule has 0 aliphatic carbocycles. The molecular weight excluding hydrogens is 436 g/mol. The van der Waals surface area contributed by atoms with Gasteiger partial charge >= 0.3 is 0 Å². The van der Waals surface area contributed by atoms with E-state index in [9.17, 15) is 8.42 Å². The van der Waals surface area contributed by atoms with Crippen LogP contribution in [0.1, 0.15) is 12.5 Å². The molecule has 5 rings (SSSR count). The third-order valence-corrected chi connectivity index (χ3v) is 6.69. The molecule has 9 heteroatoms. The first-order chi connectivity index (χ1) is 16.0. The van der Waals surface area contributed by atoms with E-state index in [1.54, 1.807) is 41.0 Å². The maximum Gasteiger partial charge on any atom is 0.262 e. The number of sulfonamides is 1. The van der Waals surface area contributed by atoms with Crippen molar-refractivity contribution in [3.05, 3.63) is 90.6 Å². The second-order valence-electron chi connectivity index (χ2n) is 7.37. The predicted octanol–water partition coefficient (Wildman–Crippen LogP) is 4.22. The fourth-order valence-corrected chi connectivity index (χ4v) is 4.97. The topological polar surface area (TPSA) is 102 Å². The quantitative estimate of drug-likeness (QED) is 0.411. The number of hydrogen-bond donors (Lipinski definition) is 1. The summed E-state index contributed by atoms with van der Waals surface area (Å²) in [5, 5.41) is 13.1. The molecule has 0 saturated carbocycles. The van der Waals surface area contributed by atoms with E-state index < -0.39 is 10.0 Å². The molecule has 0 spiro atoms. The zero-order valence-electron chi connectivity index (χ0n) is 17.8. The number of anilines is 1. The minimum atomic E-state index is -3.73. The highest BCUT2D eigenvalue weighted by Gasteiger charge is 2.18. The highest BCUT2D eigenvalue weighted by Crippen LogP contribution is 2.25. The van der Waals surface area contributed by atoms with Crippen LogP contribution in [0.4, 0.5) is 5.69 Å². The Morgan fingerprint density at radius 3 is 2.55 bits per heavy atom. The van der Waals surface area contributed by atoms with E-state index in [1.165, 1.54) is 0 Å². The van der Waals surface area contributed by atoms with Crippen molar-refractivity contribution in [1.82, 2.24) is 24.8 Å². The van der Waals surface area contributed by atoms with E-state index in [2.05, 4.69) is 25.0 Å². The molecule has 0 radical (unpaired) electrons. The number of aryl methyl sites for hydroxylation is 1. The lowest BCUT2D eigenvalue weighted by atomic mass is 10.1. The summed E-state index contributed by atoms with van der Waals surface area (Å²) in [7, 11) is -3.73. The summed E-state index contributed by atoms with van der Waals surface area (Å²) in [5.41, 5.74) is 3.87. The smallest absolute Gasteiger partial charge is 0.262 e. The van der Waals surface area contributed by atoms with Crippen molar-refractivity contribution in [1.29, 1.82) is 0 Å². The lowest BCUT2D eigenvalue weighted by Crippen LogP contribution is -2.14. The predicted molar refractivity (Wildman–Crippen MR) is 126 cm³/mol. The largest absolute Gasteiger partial charge is 0.280 e. The Morgan fingerprint density at radius 1 is 0.879 bits per heavy atom. The minimum Gasteiger partial charge on any atom is -0.280 e. The summed E-state index contributed by atoms with van der Waals surface area (Å²) in [6.45, 7) is 1.93. The van der Waals surface area contributed by atoms with Crippen molar-refractivity contribution in [2.45, 2.75) is 18.2 Å². The summed E-state index contributed by atoms with van der Waals surface area (Å²) in [4.78, 5) is 4.61. The molecule has 5 aromatic rings. The van der Waals surface area contributed by atoms with Crippen LogP contribution in [0.25, 0.3) is 28.4 Å². The number of benzene rings is 2. The first-order valence-electron chi connectivity index (χ1n) is 10.4. The maximum atomic E-state index is 13.0. The van der Waals surface area contributed by atoms with Gasteiger partial charge in [0.05, 0.1) is 10.6 Å². The molecule has 3 aromatic heterocycles. The van der Waals surface area contributed by atoms with Gasteiger partial charge in [0.25, 0.3) is 10.0 Å². The van der Waals surface area contributed by atoms with Crippen molar-refractivity contribution in [2.75, 3.05) is 4.72 Å². The highest BCUT2D eigenvalue weighted by molar-refractivity contribution is 7.92. The van der Waals surface area contributed by atoms with Crippen LogP contribution in [0.3, 0.4) is 0 Å². The summed E-state index contributed by atoms with van der Waals surface area (Å²) < 4.78 is 30.4. The summed E-state index contributed by atoms with van der Waals surface area (Å²) in [5.74, 6) is 0.528. The van der Waals surface area contributed by atoms with Crippen LogP contribution >= 0.6 is 0 Å². The molecule has 8 nitrogen and oxygen atoms in total. The highest BCUT2D eigenvalue weighted by atomic mass is 32.2. The van der Waals surface area contributed by atoms with Crippen LogP contribution in [0.5, 0.6) is 0 Å². The van der Waals surface area contributed by atoms with Crippen LogP contribution < -0.4 is 4.72 Å². The second kappa shape index (κ2) is 8.44. The third-order valence-electron chi connectivity index (χ3n) is 5.21. The monoisotopic (exact) mass is 456 g/mol. The van der Waals surface area contributed by atoms with Gasteiger partial charge in [0.2, 0.25) is 5.82 Å². The van der Waals surface area contributed by atoms with Crippen LogP contribution in [0, 0.1) is 0 Å². The van der Waals surface area contributed by atoms with Gasteiger partial charge in [0, 0.05) is 17.4 Å². The zero-order valence-corrected chi connectivity index (χ0v) is 18.6. The molecule has 3 heterocycles. The van der Waals surface area contributed by atoms with E-state index in [0.717, 1.165) is 11.1 Å². The van der Waals surface area contributed by atoms with Gasteiger partial charge in [-0.1, -0.05) is 43.3 Å². The summed E-state index contributed by atoms with van der Waals surface area (Å²) >= 11 is 0. The maximum absolute atomic E-state index is 13.0. The van der Waals surface area contributed by atoms with Gasteiger partial charge in [-0.2, -0.15) is 9.61 Å². The van der Waals surface area contributed by atoms with Crippen molar-refractivity contribution in [3.63, 3.8) is 0 Å². The molecule has 0 atom stereocenters. The van der Waals surface area contributed by atoms with Gasteiger partial charge in [-0.3, -0.25) is 9.71 Å². The number of fused-ring (bicyclic) bond motifs is 1. The molecule has 0 aliphatic heterocycles. The number of hydrogen-bond acceptors (Lipinski definition) is 6. The number of rotatable bonds is 6. The van der Waals surface area contributed by atoms with Gasteiger partial charge in [-0.15, -0.1) is 10.2 Å². The number of aromatic nitrogens is 5. The van der Waals surface area contributed by atoms with Crippen LogP contribution in [-0.4, -0.2) is 33.2 Å². The SMILES string of the molecule is CCc1ccccc1S(=O)(=O)Nc1cccc(-c2ccc3nnc(-c4ccccn4)n3n2)c1. The zero-order chi connectivity index (χ0) is 22.8. The Hall–Kier alpha value is -4.11. The molecular formula is C24H20N6O2S. The minimum absolute atomic E-state index is 0.280. The molecule has 164 valence electrons. The van der Waals surface area contributed by atoms with Crippen molar-refractivity contribution in [3.8, 4) is 22.8 Å². The summed E-state index contributed by atoms with van der Waals surface area (Å²) in [6.07, 6.45) is 2.31. The molecule has 0 saturated heterocycles. The average molecular weight is 457 g/mol. The van der Waals surface area contributed by atoms with Gasteiger partial charge < -0.3 is 0 Å².